The molecule has 2 aromatic heterocycles. The largest absolute Gasteiger partial charge is 0.507 e. The van der Waals surface area contributed by atoms with E-state index in [1.165, 1.54) is 22.8 Å². The molecule has 5 heteroatoms. The Kier molecular flexibility index (Phi) is 6.48. The number of imidazole rings is 1. The van der Waals surface area contributed by atoms with Gasteiger partial charge in [0.15, 0.2) is 0 Å². The van der Waals surface area contributed by atoms with Gasteiger partial charge >= 0.3 is 0 Å². The Bertz CT molecular complexity index is 3600. The second-order valence-electron chi connectivity index (χ2n) is 16.2. The first-order chi connectivity index (χ1) is 37.1. The average molecular weight is 1000 g/mol. The van der Waals surface area contributed by atoms with E-state index in [9.17, 15) is 5.11 Å². The normalized spacial score (nSPS) is 18.7. The third-order valence-electron chi connectivity index (χ3n) is 10.6. The molecule has 312 valence electrons. The van der Waals surface area contributed by atoms with E-state index in [0.29, 0.717) is 34.0 Å². The summed E-state index contributed by atoms with van der Waals surface area (Å²) in [6.07, 6.45) is 1.67. The number of aromatic hydroxyl groups is 1. The number of aryl methyl sites for hydroxylation is 2. The first-order valence-corrected chi connectivity index (χ1v) is 19.3. The number of phenolic OH excluding ortho intramolecular Hbond substituents is 1. The van der Waals surface area contributed by atoms with Crippen LogP contribution in [0.2, 0.25) is 0 Å². The van der Waals surface area contributed by atoms with Crippen molar-refractivity contribution in [2.45, 2.75) is 91.9 Å². The van der Waals surface area contributed by atoms with Gasteiger partial charge in [-0.05, 0) is 82.6 Å². The maximum absolute atomic E-state index is 13.0. The van der Waals surface area contributed by atoms with Crippen LogP contribution in [-0.4, -0.2) is 19.6 Å². The summed E-state index contributed by atoms with van der Waals surface area (Å²) in [6, 6.07) is 37.3. The van der Waals surface area contributed by atoms with Gasteiger partial charge in [-0.2, -0.15) is 0 Å². The molecular weight excluding hydrogens is 926 g/mol. The standard InChI is InChI=1S/C56H56N3O.Pt/c1-35-20-23-37(24-21-35)39-26-27-57-48(32-39)41-29-40(30-42(31-41)54(3,4)5)44-18-15-19-50-51(44)58-53(46-33-43(55(6,7)8)34-47(52(46)60)56(9,10)11)59(50)49-25-22-36(2)28-45(49)38-16-13-12-14-17-38;/h12-28,30-34,60H,1-11H3;/q-1;/i2D3,6D3,7D3,8D3,9D3,10D3,11D3;. The Morgan fingerprint density at radius 1 is 0.607 bits per heavy atom. The third kappa shape index (κ3) is 8.66. The molecule has 8 rings (SSSR count). The first kappa shape index (κ1) is 24.2. The molecule has 0 saturated heterocycles. The van der Waals surface area contributed by atoms with Gasteiger partial charge in [-0.15, -0.1) is 29.3 Å². The maximum Gasteiger partial charge on any atom is 0.148 e. The molecule has 61 heavy (non-hydrogen) atoms. The van der Waals surface area contributed by atoms with Crippen molar-refractivity contribution in [3.63, 3.8) is 0 Å². The molecule has 8 aromatic rings. The minimum absolute atomic E-state index is 0. The number of para-hydroxylation sites is 1. The van der Waals surface area contributed by atoms with Gasteiger partial charge in [0.1, 0.15) is 11.6 Å². The Labute approximate surface area is 406 Å². The predicted molar refractivity (Wildman–Crippen MR) is 252 cm³/mol. The summed E-state index contributed by atoms with van der Waals surface area (Å²) in [4.78, 5) is 9.83. The first-order valence-electron chi connectivity index (χ1n) is 29.8. The van der Waals surface area contributed by atoms with Gasteiger partial charge in [0, 0.05) is 72.9 Å². The van der Waals surface area contributed by atoms with Crippen molar-refractivity contribution >= 4 is 11.0 Å². The van der Waals surface area contributed by atoms with Crippen LogP contribution < -0.4 is 0 Å². The van der Waals surface area contributed by atoms with Gasteiger partial charge in [0.2, 0.25) is 0 Å². The number of nitrogens with zero attached hydrogens (tertiary/aromatic N) is 3. The van der Waals surface area contributed by atoms with Crippen molar-refractivity contribution in [3.8, 4) is 67.5 Å². The fourth-order valence-corrected chi connectivity index (χ4v) is 7.42. The molecular formula is C56H56N3OPt-. The monoisotopic (exact) mass is 1000 g/mol. The minimum atomic E-state index is -4.20. The summed E-state index contributed by atoms with van der Waals surface area (Å²) < 4.78 is 184. The fraction of sp³-hybridized carbons (Fsp3) is 0.250. The molecule has 2 heterocycles. The van der Waals surface area contributed by atoms with E-state index in [2.05, 4.69) is 6.07 Å². The molecule has 4 nitrogen and oxygen atoms in total. The molecule has 0 aliphatic heterocycles. The fourth-order valence-electron chi connectivity index (χ4n) is 7.42. The zero-order valence-corrected chi connectivity index (χ0v) is 36.1. The molecule has 0 unspecified atom stereocenters. The summed E-state index contributed by atoms with van der Waals surface area (Å²) in [7, 11) is 0. The summed E-state index contributed by atoms with van der Waals surface area (Å²) in [5.74, 6) is -2.00. The van der Waals surface area contributed by atoms with Gasteiger partial charge in [0.25, 0.3) is 0 Å². The van der Waals surface area contributed by atoms with Crippen LogP contribution in [0.25, 0.3) is 72.7 Å². The number of aromatic nitrogens is 3. The second kappa shape index (κ2) is 16.4. The zero-order chi connectivity index (χ0) is 60.2. The SMILES string of the molecule is [2H]C([2H])([2H])c1ccc(-n2c(-c3cc(C(C([2H])([2H])[2H])(C([2H])([2H])[2H])C([2H])([2H])[2H])cc(C(C([2H])([2H])[2H])(C([2H])([2H])[2H])C([2H])([2H])[2H])c3O)nc3c(-c4[c-]c(-c5cc(-c6ccc(C)cc6)ccn5)cc(C(C)(C)C)c4)cccc32)c(-c2ccccc2)c1.[Pt]. The molecule has 6 aromatic carbocycles. The summed E-state index contributed by atoms with van der Waals surface area (Å²) in [5, 5.41) is 13.0. The Morgan fingerprint density at radius 3 is 2.02 bits per heavy atom. The van der Waals surface area contributed by atoms with Crippen LogP contribution in [0.4, 0.5) is 0 Å². The van der Waals surface area contributed by atoms with Crippen LogP contribution in [0.15, 0.2) is 134 Å². The number of fused-ring (bicyclic) bond motifs is 1. The molecule has 0 saturated carbocycles. The Balaban J connectivity index is 0.00000968. The Hall–Kier alpha value is -5.57. The third-order valence-corrected chi connectivity index (χ3v) is 10.6. The van der Waals surface area contributed by atoms with Crippen molar-refractivity contribution in [3.05, 3.63) is 167 Å². The Morgan fingerprint density at radius 2 is 1.31 bits per heavy atom. The smallest absolute Gasteiger partial charge is 0.148 e. The molecule has 0 aliphatic rings. The molecule has 0 bridgehead atoms. The molecule has 0 aliphatic carbocycles. The zero-order valence-electron chi connectivity index (χ0n) is 54.8. The van der Waals surface area contributed by atoms with Gasteiger partial charge in [-0.25, -0.2) is 4.98 Å². The number of hydrogen-bond acceptors (Lipinski definition) is 3. The molecule has 1 N–H and O–H groups in total. The number of rotatable bonds is 6. The van der Waals surface area contributed by atoms with Gasteiger partial charge in [0.05, 0.1) is 22.3 Å². The molecule has 0 amide bonds. The van der Waals surface area contributed by atoms with Crippen LogP contribution in [0.3, 0.4) is 0 Å². The van der Waals surface area contributed by atoms with Crippen molar-refractivity contribution in [1.82, 2.24) is 14.5 Å². The van der Waals surface area contributed by atoms with E-state index >= 15 is 0 Å². The van der Waals surface area contributed by atoms with E-state index in [-0.39, 0.29) is 55.0 Å². The van der Waals surface area contributed by atoms with Crippen LogP contribution in [0.5, 0.6) is 5.75 Å². The summed E-state index contributed by atoms with van der Waals surface area (Å²) >= 11 is 0. The van der Waals surface area contributed by atoms with Gasteiger partial charge < -0.3 is 5.11 Å². The van der Waals surface area contributed by atoms with Gasteiger partial charge in [-0.3, -0.25) is 9.55 Å². The number of pyridine rings is 1. The van der Waals surface area contributed by atoms with Crippen LogP contribution in [0, 0.1) is 19.8 Å². The van der Waals surface area contributed by atoms with Crippen molar-refractivity contribution in [2.24, 2.45) is 0 Å². The minimum Gasteiger partial charge on any atom is -0.507 e. The summed E-state index contributed by atoms with van der Waals surface area (Å²) in [6.45, 7) is -19.6. The average Bonchev–Trinajstić information content (AvgIpc) is 1.46. The van der Waals surface area contributed by atoms with E-state index in [1.807, 2.05) is 76.2 Å². The number of hydrogen-bond donors (Lipinski definition) is 1. The maximum atomic E-state index is 13.0. The molecule has 0 radical (unpaired) electrons. The topological polar surface area (TPSA) is 50.9 Å². The quantitative estimate of drug-likeness (QED) is 0.169. The van der Waals surface area contributed by atoms with E-state index < -0.39 is 92.5 Å². The van der Waals surface area contributed by atoms with Crippen LogP contribution in [-0.2, 0) is 37.3 Å². The van der Waals surface area contributed by atoms with Crippen molar-refractivity contribution in [2.75, 3.05) is 0 Å². The molecule has 0 spiro atoms. The van der Waals surface area contributed by atoms with Crippen LogP contribution in [0.1, 0.15) is 118 Å². The number of benzene rings is 6. The predicted octanol–water partition coefficient (Wildman–Crippen LogP) is 14.8. The van der Waals surface area contributed by atoms with Crippen LogP contribution >= 0.6 is 0 Å². The van der Waals surface area contributed by atoms with Crippen molar-refractivity contribution < 1.29 is 55.0 Å². The number of phenols is 1. The molecule has 0 atom stereocenters. The van der Waals surface area contributed by atoms with Crippen molar-refractivity contribution in [1.29, 1.82) is 0 Å². The van der Waals surface area contributed by atoms with E-state index in [4.69, 9.17) is 38.8 Å². The van der Waals surface area contributed by atoms with E-state index in [0.717, 1.165) is 22.3 Å². The van der Waals surface area contributed by atoms with Gasteiger partial charge in [-0.1, -0.05) is 169 Å². The van der Waals surface area contributed by atoms with E-state index in [1.54, 1.807) is 54.7 Å². The summed E-state index contributed by atoms with van der Waals surface area (Å²) in [5.41, 5.74) is -6.30. The molecule has 0 fully saturated rings. The second-order valence-corrected chi connectivity index (χ2v) is 16.2.